The highest BCUT2D eigenvalue weighted by Gasteiger charge is 2.26. The molecule has 26 heavy (non-hydrogen) atoms. The van der Waals surface area contributed by atoms with E-state index in [0.717, 1.165) is 6.07 Å². The number of sulfonamides is 1. The molecule has 1 aromatic rings. The Bertz CT molecular complexity index is 795. The number of nitrogens with two attached hydrogens (primary N) is 1. The zero-order chi connectivity index (χ0) is 19.5. The van der Waals surface area contributed by atoms with E-state index in [2.05, 4.69) is 5.32 Å². The van der Waals surface area contributed by atoms with Crippen LogP contribution in [0.25, 0.3) is 0 Å². The summed E-state index contributed by atoms with van der Waals surface area (Å²) in [5.41, 5.74) is -0.249. The Balaban J connectivity index is 2.09. The lowest BCUT2D eigenvalue weighted by atomic mass is 10.1. The van der Waals surface area contributed by atoms with Gasteiger partial charge in [0.15, 0.2) is 0 Å². The molecule has 10 nitrogen and oxygen atoms in total. The summed E-state index contributed by atoms with van der Waals surface area (Å²) in [5, 5.41) is 19.1. The molecule has 0 bridgehead atoms. The highest BCUT2D eigenvalue weighted by Crippen LogP contribution is 2.27. The maximum absolute atomic E-state index is 12.1. The number of anilines is 1. The van der Waals surface area contributed by atoms with Crippen LogP contribution in [0, 0.1) is 16.0 Å². The van der Waals surface area contributed by atoms with Gasteiger partial charge in [-0.15, -0.1) is 0 Å². The van der Waals surface area contributed by atoms with Crippen molar-refractivity contribution in [1.82, 2.24) is 4.90 Å². The smallest absolute Gasteiger partial charge is 0.293 e. The van der Waals surface area contributed by atoms with Crippen molar-refractivity contribution in [3.05, 3.63) is 28.3 Å². The van der Waals surface area contributed by atoms with Crippen molar-refractivity contribution >= 4 is 27.3 Å². The number of nitrogens with zero attached hydrogens (tertiary/aromatic N) is 2. The Labute approximate surface area is 151 Å². The molecule has 1 amide bonds. The van der Waals surface area contributed by atoms with Crippen LogP contribution in [0.1, 0.15) is 13.8 Å². The van der Waals surface area contributed by atoms with Crippen LogP contribution in [0.15, 0.2) is 23.1 Å². The predicted octanol–water partition coefficient (Wildman–Crippen LogP) is 0.538. The summed E-state index contributed by atoms with van der Waals surface area (Å²) in [7, 11) is -4.04. The number of morpholine rings is 1. The molecule has 1 aliphatic rings. The van der Waals surface area contributed by atoms with Crippen molar-refractivity contribution < 1.29 is 22.9 Å². The molecule has 2 rings (SSSR count). The van der Waals surface area contributed by atoms with Gasteiger partial charge in [-0.2, -0.15) is 0 Å². The van der Waals surface area contributed by atoms with Crippen LogP contribution in [0.2, 0.25) is 0 Å². The Morgan fingerprint density at radius 1 is 1.50 bits per heavy atom. The average Bonchev–Trinajstić information content (AvgIpc) is 2.58. The van der Waals surface area contributed by atoms with E-state index in [1.165, 1.54) is 12.1 Å². The molecule has 1 aromatic carbocycles. The van der Waals surface area contributed by atoms with Crippen molar-refractivity contribution in [3.8, 4) is 0 Å². The van der Waals surface area contributed by atoms with Gasteiger partial charge in [0.05, 0.1) is 22.5 Å². The van der Waals surface area contributed by atoms with Crippen molar-refractivity contribution in [2.45, 2.75) is 24.8 Å². The third-order valence-corrected chi connectivity index (χ3v) is 4.87. The predicted molar refractivity (Wildman–Crippen MR) is 94.1 cm³/mol. The molecule has 3 N–H and O–H groups in total. The van der Waals surface area contributed by atoms with Gasteiger partial charge in [0.2, 0.25) is 15.9 Å². The Morgan fingerprint density at radius 3 is 2.77 bits per heavy atom. The minimum atomic E-state index is -4.04. The van der Waals surface area contributed by atoms with Crippen molar-refractivity contribution in [2.75, 3.05) is 31.6 Å². The molecule has 0 radical (unpaired) electrons. The topological polar surface area (TPSA) is 145 Å². The fourth-order valence-corrected chi connectivity index (χ4v) is 3.15. The second kappa shape index (κ2) is 7.98. The summed E-state index contributed by atoms with van der Waals surface area (Å²) in [6.45, 7) is 5.15. The van der Waals surface area contributed by atoms with Crippen LogP contribution in [-0.2, 0) is 19.6 Å². The van der Waals surface area contributed by atoms with E-state index in [0.29, 0.717) is 19.7 Å². The van der Waals surface area contributed by atoms with E-state index in [1.54, 1.807) is 4.90 Å². The maximum Gasteiger partial charge on any atom is 0.293 e. The lowest BCUT2D eigenvalue weighted by Gasteiger charge is -2.34. The van der Waals surface area contributed by atoms with Crippen LogP contribution in [0.5, 0.6) is 0 Å². The molecule has 0 spiro atoms. The summed E-state index contributed by atoms with van der Waals surface area (Å²) >= 11 is 0. The van der Waals surface area contributed by atoms with Crippen molar-refractivity contribution in [2.24, 2.45) is 11.1 Å². The first kappa shape index (κ1) is 20.1. The summed E-state index contributed by atoms with van der Waals surface area (Å²) in [4.78, 5) is 24.0. The van der Waals surface area contributed by atoms with Gasteiger partial charge in [-0.05, 0) is 12.1 Å². The molecule has 0 unspecified atom stereocenters. The van der Waals surface area contributed by atoms with Gasteiger partial charge in [0, 0.05) is 31.6 Å². The van der Waals surface area contributed by atoms with E-state index >= 15 is 0 Å². The van der Waals surface area contributed by atoms with Crippen LogP contribution in [0.4, 0.5) is 11.4 Å². The fourth-order valence-electron chi connectivity index (χ4n) is 2.62. The standard InChI is InChI=1S/C15H22N4O6S/c1-10(2)15(20)18-5-6-25-11(9-18)8-17-13-4-3-12(26(16,23)24)7-14(13)19(21)22/h3-4,7,10-11,17H,5-6,8-9H2,1-2H3,(H2,16,23,24)/t11-/m1/s1. The maximum atomic E-state index is 12.1. The Hall–Kier alpha value is -2.24. The molecule has 1 aliphatic heterocycles. The lowest BCUT2D eigenvalue weighted by Crippen LogP contribution is -2.49. The number of hydrogen-bond acceptors (Lipinski definition) is 7. The monoisotopic (exact) mass is 386 g/mol. The summed E-state index contributed by atoms with van der Waals surface area (Å²) < 4.78 is 28.3. The van der Waals surface area contributed by atoms with E-state index in [9.17, 15) is 23.3 Å². The van der Waals surface area contributed by atoms with Gasteiger partial charge in [-0.1, -0.05) is 13.8 Å². The van der Waals surface area contributed by atoms with E-state index in [4.69, 9.17) is 9.88 Å². The second-order valence-electron chi connectivity index (χ2n) is 6.29. The molecular weight excluding hydrogens is 364 g/mol. The van der Waals surface area contributed by atoms with Crippen molar-refractivity contribution in [3.63, 3.8) is 0 Å². The highest BCUT2D eigenvalue weighted by atomic mass is 32.2. The first-order chi connectivity index (χ1) is 12.1. The molecule has 11 heteroatoms. The van der Waals surface area contributed by atoms with E-state index in [1.807, 2.05) is 13.8 Å². The van der Waals surface area contributed by atoms with Crippen molar-refractivity contribution in [1.29, 1.82) is 0 Å². The van der Waals surface area contributed by atoms with Gasteiger partial charge in [-0.3, -0.25) is 14.9 Å². The fraction of sp³-hybridized carbons (Fsp3) is 0.533. The molecule has 144 valence electrons. The van der Waals surface area contributed by atoms with E-state index in [-0.39, 0.29) is 35.1 Å². The first-order valence-electron chi connectivity index (χ1n) is 8.05. The molecule has 1 heterocycles. The number of carbonyl (C=O) groups excluding carboxylic acids is 1. The SMILES string of the molecule is CC(C)C(=O)N1CCO[C@H](CNc2ccc(S(N)(=O)=O)cc2[N+](=O)[O-])C1. The largest absolute Gasteiger partial charge is 0.377 e. The van der Waals surface area contributed by atoms with Gasteiger partial charge >= 0.3 is 0 Å². The zero-order valence-electron chi connectivity index (χ0n) is 14.5. The number of nitrogens with one attached hydrogen (secondary N) is 1. The molecule has 1 fully saturated rings. The minimum absolute atomic E-state index is 0.0294. The van der Waals surface area contributed by atoms with Gasteiger partial charge in [0.25, 0.3) is 5.69 Å². The number of nitro benzene ring substituents is 1. The molecular formula is C15H22N4O6S. The number of benzene rings is 1. The van der Waals surface area contributed by atoms with Crippen LogP contribution in [0.3, 0.4) is 0 Å². The number of carbonyl (C=O) groups is 1. The van der Waals surface area contributed by atoms with Crippen LogP contribution >= 0.6 is 0 Å². The number of hydrogen-bond donors (Lipinski definition) is 2. The molecule has 0 aromatic heterocycles. The van der Waals surface area contributed by atoms with Crippen LogP contribution in [-0.4, -0.2) is 56.5 Å². The number of amides is 1. The summed E-state index contributed by atoms with van der Waals surface area (Å²) in [5.74, 6) is -0.0876. The normalized spacial score (nSPS) is 18.0. The molecule has 1 saturated heterocycles. The number of rotatable bonds is 6. The molecule has 0 aliphatic carbocycles. The number of primary sulfonamides is 1. The zero-order valence-corrected chi connectivity index (χ0v) is 15.4. The van der Waals surface area contributed by atoms with Crippen LogP contribution < -0.4 is 10.5 Å². The average molecular weight is 386 g/mol. The first-order valence-corrected chi connectivity index (χ1v) is 9.59. The molecule has 0 saturated carbocycles. The third-order valence-electron chi connectivity index (χ3n) is 3.96. The minimum Gasteiger partial charge on any atom is -0.377 e. The summed E-state index contributed by atoms with van der Waals surface area (Å²) in [6, 6.07) is 3.40. The number of ether oxygens (including phenoxy) is 1. The molecule has 1 atom stereocenters. The van der Waals surface area contributed by atoms with E-state index < -0.39 is 20.6 Å². The van der Waals surface area contributed by atoms with Gasteiger partial charge < -0.3 is 15.0 Å². The number of nitro groups is 1. The van der Waals surface area contributed by atoms with Gasteiger partial charge in [-0.25, -0.2) is 13.6 Å². The Morgan fingerprint density at radius 2 is 2.19 bits per heavy atom. The quantitative estimate of drug-likeness (QED) is 0.536. The third kappa shape index (κ3) is 4.90. The lowest BCUT2D eigenvalue weighted by molar-refractivity contribution is -0.384. The summed E-state index contributed by atoms with van der Waals surface area (Å²) in [6.07, 6.45) is -0.330. The second-order valence-corrected chi connectivity index (χ2v) is 7.86. The van der Waals surface area contributed by atoms with Gasteiger partial charge in [0.1, 0.15) is 5.69 Å². The Kier molecular flexibility index (Phi) is 6.16. The highest BCUT2D eigenvalue weighted by molar-refractivity contribution is 7.89.